The summed E-state index contributed by atoms with van der Waals surface area (Å²) >= 11 is 7.80. The fourth-order valence-electron chi connectivity index (χ4n) is 4.08. The lowest BCUT2D eigenvalue weighted by molar-refractivity contribution is -0.126. The van der Waals surface area contributed by atoms with Crippen LogP contribution in [0.5, 0.6) is 0 Å². The second kappa shape index (κ2) is 8.10. The molecule has 0 atom stereocenters. The lowest BCUT2D eigenvalue weighted by Gasteiger charge is -2.28. The number of halogens is 1. The maximum Gasteiger partial charge on any atom is 0.230 e. The molecule has 28 heavy (non-hydrogen) atoms. The van der Waals surface area contributed by atoms with Gasteiger partial charge in [-0.1, -0.05) is 36.6 Å². The number of hydrogen-bond acceptors (Lipinski definition) is 3. The summed E-state index contributed by atoms with van der Waals surface area (Å²) in [5.41, 5.74) is 1.82. The van der Waals surface area contributed by atoms with E-state index < -0.39 is 5.41 Å². The van der Waals surface area contributed by atoms with Gasteiger partial charge in [0.15, 0.2) is 0 Å². The minimum atomic E-state index is -0.402. The van der Waals surface area contributed by atoms with Gasteiger partial charge in [0.1, 0.15) is 0 Å². The highest BCUT2D eigenvalue weighted by Crippen LogP contribution is 2.41. The van der Waals surface area contributed by atoms with Crippen LogP contribution in [-0.4, -0.2) is 22.2 Å². The highest BCUT2D eigenvalue weighted by molar-refractivity contribution is 7.15. The van der Waals surface area contributed by atoms with Crippen molar-refractivity contribution in [2.75, 3.05) is 6.54 Å². The zero-order valence-electron chi connectivity index (χ0n) is 16.0. The van der Waals surface area contributed by atoms with E-state index >= 15 is 0 Å². The first-order valence-corrected chi connectivity index (χ1v) is 10.9. The van der Waals surface area contributed by atoms with E-state index in [4.69, 9.17) is 11.6 Å². The van der Waals surface area contributed by atoms with Crippen LogP contribution in [0.1, 0.15) is 36.1 Å². The number of nitrogens with zero attached hydrogens (tertiary/aromatic N) is 2. The van der Waals surface area contributed by atoms with E-state index in [0.29, 0.717) is 11.6 Å². The predicted octanol–water partition coefficient (Wildman–Crippen LogP) is 4.97. The SMILES string of the molecule is Cn1cc(-c2ccc(CCNC(=O)C3(c4ccc(Cl)cc4)CCCC3)s2)cn1. The molecule has 2 aromatic heterocycles. The Morgan fingerprint density at radius 3 is 2.64 bits per heavy atom. The topological polar surface area (TPSA) is 46.9 Å². The molecule has 146 valence electrons. The fraction of sp³-hybridized carbons (Fsp3) is 0.364. The van der Waals surface area contributed by atoms with Gasteiger partial charge in [-0.3, -0.25) is 9.48 Å². The minimum Gasteiger partial charge on any atom is -0.355 e. The maximum absolute atomic E-state index is 13.1. The first-order chi connectivity index (χ1) is 13.6. The Labute approximate surface area is 174 Å². The molecule has 0 bridgehead atoms. The van der Waals surface area contributed by atoms with Crippen LogP contribution < -0.4 is 5.32 Å². The van der Waals surface area contributed by atoms with Crippen LogP contribution in [0.15, 0.2) is 48.8 Å². The Morgan fingerprint density at radius 2 is 1.96 bits per heavy atom. The molecular weight excluding hydrogens is 390 g/mol. The van der Waals surface area contributed by atoms with Crippen molar-refractivity contribution in [3.05, 3.63) is 64.3 Å². The average molecular weight is 414 g/mol. The van der Waals surface area contributed by atoms with E-state index in [1.165, 1.54) is 9.75 Å². The Bertz CT molecular complexity index is 954. The molecule has 2 heterocycles. The standard InChI is InChI=1S/C22H24ClN3OS/c1-26-15-16(14-25-26)20-9-8-19(28-20)10-13-24-21(27)22(11-2-3-12-22)17-4-6-18(23)7-5-17/h4-9,14-15H,2-3,10-13H2,1H3,(H,24,27). The molecule has 1 N–H and O–H groups in total. The van der Waals surface area contributed by atoms with Gasteiger partial charge in [0.25, 0.3) is 0 Å². The summed E-state index contributed by atoms with van der Waals surface area (Å²) in [4.78, 5) is 15.6. The summed E-state index contributed by atoms with van der Waals surface area (Å²) in [7, 11) is 1.92. The molecule has 0 radical (unpaired) electrons. The molecule has 3 aromatic rings. The van der Waals surface area contributed by atoms with Gasteiger partial charge in [-0.15, -0.1) is 11.3 Å². The largest absolute Gasteiger partial charge is 0.355 e. The van der Waals surface area contributed by atoms with Crippen LogP contribution in [0.25, 0.3) is 10.4 Å². The number of nitrogens with one attached hydrogen (secondary N) is 1. The van der Waals surface area contributed by atoms with Crippen molar-refractivity contribution in [1.29, 1.82) is 0 Å². The normalized spacial score (nSPS) is 15.6. The summed E-state index contributed by atoms with van der Waals surface area (Å²) < 4.78 is 1.81. The van der Waals surface area contributed by atoms with E-state index in [9.17, 15) is 4.79 Å². The average Bonchev–Trinajstić information content (AvgIpc) is 3.43. The number of hydrogen-bond donors (Lipinski definition) is 1. The molecule has 4 rings (SSSR count). The molecule has 0 spiro atoms. The van der Waals surface area contributed by atoms with Crippen LogP contribution in [-0.2, 0) is 23.7 Å². The molecule has 6 heteroatoms. The molecule has 1 saturated carbocycles. The van der Waals surface area contributed by atoms with E-state index in [-0.39, 0.29) is 5.91 Å². The Kier molecular flexibility index (Phi) is 5.56. The third-order valence-corrected chi connectivity index (χ3v) is 7.04. The summed E-state index contributed by atoms with van der Waals surface area (Å²) in [6.07, 6.45) is 8.74. The van der Waals surface area contributed by atoms with Crippen molar-refractivity contribution in [2.45, 2.75) is 37.5 Å². The molecule has 0 unspecified atom stereocenters. The number of rotatable bonds is 6. The molecule has 1 fully saturated rings. The predicted molar refractivity (Wildman–Crippen MR) is 115 cm³/mol. The first-order valence-electron chi connectivity index (χ1n) is 9.69. The second-order valence-corrected chi connectivity index (χ2v) is 9.08. The first kappa shape index (κ1) is 19.2. The number of aromatic nitrogens is 2. The van der Waals surface area contributed by atoms with Crippen molar-refractivity contribution < 1.29 is 4.79 Å². The van der Waals surface area contributed by atoms with Gasteiger partial charge in [-0.25, -0.2) is 0 Å². The van der Waals surface area contributed by atoms with Gasteiger partial charge in [0.2, 0.25) is 5.91 Å². The molecule has 4 nitrogen and oxygen atoms in total. The Morgan fingerprint density at radius 1 is 1.21 bits per heavy atom. The lowest BCUT2D eigenvalue weighted by Crippen LogP contribution is -2.43. The molecule has 0 aliphatic heterocycles. The maximum atomic E-state index is 13.1. The highest BCUT2D eigenvalue weighted by Gasteiger charge is 2.42. The summed E-state index contributed by atoms with van der Waals surface area (Å²) in [5.74, 6) is 0.149. The van der Waals surface area contributed by atoms with Gasteiger partial charge < -0.3 is 5.32 Å². The summed E-state index contributed by atoms with van der Waals surface area (Å²) in [5, 5.41) is 8.14. The Hall–Kier alpha value is -2.11. The van der Waals surface area contributed by atoms with Crippen LogP contribution in [0, 0.1) is 0 Å². The zero-order valence-corrected chi connectivity index (χ0v) is 17.5. The number of thiophene rings is 1. The molecule has 1 aliphatic carbocycles. The van der Waals surface area contributed by atoms with E-state index in [2.05, 4.69) is 22.5 Å². The molecule has 1 aromatic carbocycles. The number of carbonyl (C=O) groups excluding carboxylic acids is 1. The lowest BCUT2D eigenvalue weighted by atomic mass is 9.78. The summed E-state index contributed by atoms with van der Waals surface area (Å²) in [6, 6.07) is 12.1. The van der Waals surface area contributed by atoms with Gasteiger partial charge >= 0.3 is 0 Å². The van der Waals surface area contributed by atoms with Crippen molar-refractivity contribution in [3.63, 3.8) is 0 Å². The Balaban J connectivity index is 1.39. The molecule has 1 amide bonds. The van der Waals surface area contributed by atoms with Gasteiger partial charge in [0, 0.05) is 40.1 Å². The van der Waals surface area contributed by atoms with Crippen LogP contribution >= 0.6 is 22.9 Å². The van der Waals surface area contributed by atoms with E-state index in [1.807, 2.05) is 48.4 Å². The number of carbonyl (C=O) groups is 1. The third-order valence-electron chi connectivity index (χ3n) is 5.60. The molecular formula is C22H24ClN3OS. The van der Waals surface area contributed by atoms with Crippen molar-refractivity contribution >= 4 is 28.8 Å². The smallest absolute Gasteiger partial charge is 0.230 e. The van der Waals surface area contributed by atoms with E-state index in [1.54, 1.807) is 11.3 Å². The van der Waals surface area contributed by atoms with Gasteiger partial charge in [-0.2, -0.15) is 5.10 Å². The second-order valence-electron chi connectivity index (χ2n) is 7.47. The van der Waals surface area contributed by atoms with Crippen LogP contribution in [0.2, 0.25) is 5.02 Å². The van der Waals surface area contributed by atoms with Crippen LogP contribution in [0.3, 0.4) is 0 Å². The van der Waals surface area contributed by atoms with E-state index in [0.717, 1.165) is 43.2 Å². The van der Waals surface area contributed by atoms with Gasteiger partial charge in [-0.05, 0) is 49.1 Å². The highest BCUT2D eigenvalue weighted by atomic mass is 35.5. The van der Waals surface area contributed by atoms with Crippen molar-refractivity contribution in [1.82, 2.24) is 15.1 Å². The minimum absolute atomic E-state index is 0.149. The van der Waals surface area contributed by atoms with Gasteiger partial charge in [0.05, 0.1) is 11.6 Å². The van der Waals surface area contributed by atoms with Crippen LogP contribution in [0.4, 0.5) is 0 Å². The third kappa shape index (κ3) is 3.87. The summed E-state index contributed by atoms with van der Waals surface area (Å²) in [6.45, 7) is 0.654. The number of aryl methyl sites for hydroxylation is 1. The zero-order chi connectivity index (χ0) is 19.6. The quantitative estimate of drug-likeness (QED) is 0.619. The molecule has 1 aliphatic rings. The van der Waals surface area contributed by atoms with Crippen molar-refractivity contribution in [2.24, 2.45) is 7.05 Å². The number of benzene rings is 1. The fourth-order valence-corrected chi connectivity index (χ4v) is 5.19. The van der Waals surface area contributed by atoms with Crippen molar-refractivity contribution in [3.8, 4) is 10.4 Å². The monoisotopic (exact) mass is 413 g/mol. The molecule has 0 saturated heterocycles. The number of amides is 1.